The van der Waals surface area contributed by atoms with Crippen LogP contribution in [0.5, 0.6) is 0 Å². The molecule has 0 aliphatic carbocycles. The van der Waals surface area contributed by atoms with Gasteiger partial charge in [-0.25, -0.2) is 0 Å². The predicted octanol–water partition coefficient (Wildman–Crippen LogP) is 5.67. The predicted molar refractivity (Wildman–Crippen MR) is 148 cm³/mol. The van der Waals surface area contributed by atoms with Crippen LogP contribution in [0.25, 0.3) is 0 Å². The van der Waals surface area contributed by atoms with Gasteiger partial charge in [0.05, 0.1) is 0 Å². The third-order valence-electron chi connectivity index (χ3n) is 6.35. The van der Waals surface area contributed by atoms with E-state index < -0.39 is 15.8 Å². The summed E-state index contributed by atoms with van der Waals surface area (Å²) in [5.74, 6) is 0. The summed E-state index contributed by atoms with van der Waals surface area (Å²) >= 11 is 0. The molecule has 4 aromatic carbocycles. The van der Waals surface area contributed by atoms with Crippen LogP contribution < -0.4 is 21.2 Å². The topological polar surface area (TPSA) is 3.24 Å². The van der Waals surface area contributed by atoms with Crippen LogP contribution in [0, 0.1) is 0 Å². The lowest BCUT2D eigenvalue weighted by Gasteiger charge is -2.38. The van der Waals surface area contributed by atoms with Crippen molar-refractivity contribution in [1.82, 2.24) is 4.90 Å². The number of rotatable bonds is 8. The Morgan fingerprint density at radius 2 is 0.788 bits per heavy atom. The molecule has 0 spiro atoms. The molecule has 0 saturated carbocycles. The lowest BCUT2D eigenvalue weighted by Crippen LogP contribution is -2.36. The van der Waals surface area contributed by atoms with Crippen molar-refractivity contribution in [2.45, 2.75) is 18.2 Å². The van der Waals surface area contributed by atoms with Crippen molar-refractivity contribution < 1.29 is 0 Å². The van der Waals surface area contributed by atoms with Gasteiger partial charge in [0.15, 0.2) is 0 Å². The summed E-state index contributed by atoms with van der Waals surface area (Å²) in [5.41, 5.74) is 0. The first-order chi connectivity index (χ1) is 16.4. The van der Waals surface area contributed by atoms with E-state index in [1.54, 1.807) is 0 Å². The SMILES string of the molecule is c1ccc(P(c2ccccc2)C(CN2CCCC2)P(c2ccccc2)c2ccccc2)cc1. The van der Waals surface area contributed by atoms with Crippen molar-refractivity contribution in [1.29, 1.82) is 0 Å². The molecule has 5 rings (SSSR count). The highest BCUT2D eigenvalue weighted by atomic mass is 31.2. The third kappa shape index (κ3) is 5.44. The molecule has 33 heavy (non-hydrogen) atoms. The monoisotopic (exact) mass is 467 g/mol. The molecule has 1 saturated heterocycles. The molecule has 4 aromatic rings. The van der Waals surface area contributed by atoms with Crippen LogP contribution in [0.3, 0.4) is 0 Å². The third-order valence-corrected chi connectivity index (χ3v) is 12.7. The van der Waals surface area contributed by atoms with Gasteiger partial charge >= 0.3 is 0 Å². The number of benzene rings is 4. The fourth-order valence-electron chi connectivity index (χ4n) is 4.82. The summed E-state index contributed by atoms with van der Waals surface area (Å²) in [4.78, 5) is 2.73. The molecule has 0 bridgehead atoms. The number of likely N-dealkylation sites (tertiary alicyclic amines) is 1. The minimum absolute atomic E-state index is 0.530. The lowest BCUT2D eigenvalue weighted by atomic mass is 10.4. The molecule has 166 valence electrons. The van der Waals surface area contributed by atoms with Crippen LogP contribution in [0.1, 0.15) is 12.8 Å². The van der Waals surface area contributed by atoms with E-state index in [2.05, 4.69) is 126 Å². The molecule has 0 radical (unpaired) electrons. The maximum absolute atomic E-state index is 2.73. The Bertz CT molecular complexity index is 935. The number of hydrogen-bond acceptors (Lipinski definition) is 1. The molecule has 1 aliphatic heterocycles. The van der Waals surface area contributed by atoms with Crippen molar-refractivity contribution in [2.24, 2.45) is 0 Å². The first-order valence-electron chi connectivity index (χ1n) is 11.9. The van der Waals surface area contributed by atoms with Crippen molar-refractivity contribution >= 4 is 37.1 Å². The van der Waals surface area contributed by atoms with Crippen molar-refractivity contribution in [2.75, 3.05) is 19.6 Å². The zero-order valence-corrected chi connectivity index (χ0v) is 20.8. The molecule has 3 heteroatoms. The maximum atomic E-state index is 2.73. The molecular formula is C30H31NP2. The van der Waals surface area contributed by atoms with Crippen LogP contribution >= 0.6 is 15.8 Å². The van der Waals surface area contributed by atoms with Crippen LogP contribution in [0.15, 0.2) is 121 Å². The van der Waals surface area contributed by atoms with E-state index in [-0.39, 0.29) is 0 Å². The summed E-state index contributed by atoms with van der Waals surface area (Å²) in [6.07, 6.45) is 2.66. The zero-order chi connectivity index (χ0) is 22.3. The average molecular weight is 468 g/mol. The van der Waals surface area contributed by atoms with Crippen LogP contribution in [0.2, 0.25) is 0 Å². The second-order valence-electron chi connectivity index (χ2n) is 8.57. The highest BCUT2D eigenvalue weighted by molar-refractivity contribution is 7.89. The summed E-state index contributed by atoms with van der Waals surface area (Å²) in [6.45, 7) is 3.62. The minimum Gasteiger partial charge on any atom is -0.302 e. The first kappa shape index (κ1) is 22.5. The highest BCUT2D eigenvalue weighted by Gasteiger charge is 2.35. The van der Waals surface area contributed by atoms with Gasteiger partial charge in [0.2, 0.25) is 0 Å². The second-order valence-corrected chi connectivity index (χ2v) is 13.8. The molecular weight excluding hydrogens is 436 g/mol. The van der Waals surface area contributed by atoms with E-state index in [1.165, 1.54) is 47.1 Å². The van der Waals surface area contributed by atoms with Gasteiger partial charge in [-0.1, -0.05) is 121 Å². The van der Waals surface area contributed by atoms with Gasteiger partial charge in [0.1, 0.15) is 0 Å². The van der Waals surface area contributed by atoms with Crippen LogP contribution in [-0.4, -0.2) is 29.9 Å². The number of hydrogen-bond donors (Lipinski definition) is 0. The second kappa shape index (κ2) is 11.2. The molecule has 1 heterocycles. The zero-order valence-electron chi connectivity index (χ0n) is 19.0. The van der Waals surface area contributed by atoms with E-state index in [0.717, 1.165) is 6.54 Å². The Balaban J connectivity index is 1.68. The molecule has 1 nitrogen and oxygen atoms in total. The van der Waals surface area contributed by atoms with E-state index >= 15 is 0 Å². The molecule has 0 atom stereocenters. The van der Waals surface area contributed by atoms with Gasteiger partial charge < -0.3 is 4.90 Å². The normalized spacial score (nSPS) is 14.4. The standard InChI is InChI=1S/C30H31NP2/c1-5-15-26(16-6-1)32(27-17-7-2-8-18-27)30(25-31-23-13-14-24-31)33(28-19-9-3-10-20-28)29-21-11-4-12-22-29/h1-12,15-22,30H,13-14,23-25H2. The first-order valence-corrected chi connectivity index (χ1v) is 14.7. The van der Waals surface area contributed by atoms with Crippen molar-refractivity contribution in [3.63, 3.8) is 0 Å². The molecule has 1 fully saturated rings. The Hall–Kier alpha value is -2.30. The van der Waals surface area contributed by atoms with Crippen molar-refractivity contribution in [3.8, 4) is 0 Å². The van der Waals surface area contributed by atoms with Gasteiger partial charge in [0.25, 0.3) is 0 Å². The molecule has 0 N–H and O–H groups in total. The number of nitrogens with zero attached hydrogens (tertiary/aromatic N) is 1. The molecule has 0 aromatic heterocycles. The minimum atomic E-state index is -0.530. The Morgan fingerprint density at radius 1 is 0.485 bits per heavy atom. The largest absolute Gasteiger partial charge is 0.302 e. The average Bonchev–Trinajstić information content (AvgIpc) is 3.40. The van der Waals surface area contributed by atoms with E-state index in [4.69, 9.17) is 0 Å². The quantitative estimate of drug-likeness (QED) is 0.302. The van der Waals surface area contributed by atoms with Gasteiger partial charge in [-0.05, 0) is 63.0 Å². The van der Waals surface area contributed by atoms with Crippen LogP contribution in [-0.2, 0) is 0 Å². The van der Waals surface area contributed by atoms with Crippen molar-refractivity contribution in [3.05, 3.63) is 121 Å². The van der Waals surface area contributed by atoms with Crippen LogP contribution in [0.4, 0.5) is 0 Å². The molecule has 0 unspecified atom stereocenters. The summed E-state index contributed by atoms with van der Waals surface area (Å²) in [6, 6.07) is 45.2. The van der Waals surface area contributed by atoms with Gasteiger partial charge in [0, 0.05) is 11.9 Å². The fraction of sp³-hybridized carbons (Fsp3) is 0.200. The molecule has 1 aliphatic rings. The van der Waals surface area contributed by atoms with E-state index in [9.17, 15) is 0 Å². The fourth-order valence-corrected chi connectivity index (χ4v) is 12.1. The Morgan fingerprint density at radius 3 is 1.09 bits per heavy atom. The smallest absolute Gasteiger partial charge is 0.0282 e. The highest BCUT2D eigenvalue weighted by Crippen LogP contribution is 2.56. The van der Waals surface area contributed by atoms with Gasteiger partial charge in [-0.3, -0.25) is 0 Å². The molecule has 0 amide bonds. The maximum Gasteiger partial charge on any atom is 0.0282 e. The van der Waals surface area contributed by atoms with E-state index in [0.29, 0.717) is 5.40 Å². The Labute approximate surface area is 201 Å². The summed E-state index contributed by atoms with van der Waals surface area (Å²) in [7, 11) is -1.06. The summed E-state index contributed by atoms with van der Waals surface area (Å²) < 4.78 is 0. The van der Waals surface area contributed by atoms with E-state index in [1.807, 2.05) is 0 Å². The lowest BCUT2D eigenvalue weighted by molar-refractivity contribution is 0.355. The Kier molecular flexibility index (Phi) is 7.64. The van der Waals surface area contributed by atoms with Gasteiger partial charge in [-0.15, -0.1) is 0 Å². The summed E-state index contributed by atoms with van der Waals surface area (Å²) in [5, 5.41) is 6.50. The van der Waals surface area contributed by atoms with Gasteiger partial charge in [-0.2, -0.15) is 0 Å².